The van der Waals surface area contributed by atoms with Crippen LogP contribution in [-0.4, -0.2) is 42.0 Å². The van der Waals surface area contributed by atoms with Gasteiger partial charge in [0.15, 0.2) is 11.7 Å². The lowest BCUT2D eigenvalue weighted by molar-refractivity contribution is -0.132. The number of nitrogens with one attached hydrogen (secondary N) is 1. The van der Waals surface area contributed by atoms with Crippen molar-refractivity contribution >= 4 is 5.91 Å². The van der Waals surface area contributed by atoms with Crippen LogP contribution in [0.25, 0.3) is 11.3 Å². The monoisotopic (exact) mass is 355 g/mol. The Balaban J connectivity index is 1.39. The third kappa shape index (κ3) is 5.18. The van der Waals surface area contributed by atoms with Crippen LogP contribution in [0.4, 0.5) is 0 Å². The van der Waals surface area contributed by atoms with E-state index in [0.29, 0.717) is 24.7 Å². The molecule has 1 N–H and O–H groups in total. The van der Waals surface area contributed by atoms with Gasteiger partial charge in [0.05, 0.1) is 6.20 Å². The number of piperidine rings is 1. The first kappa shape index (κ1) is 18.6. The summed E-state index contributed by atoms with van der Waals surface area (Å²) in [4.78, 5) is 18.8. The molecule has 2 aromatic rings. The summed E-state index contributed by atoms with van der Waals surface area (Å²) in [6.45, 7) is 6.02. The van der Waals surface area contributed by atoms with Gasteiger partial charge in [-0.2, -0.15) is 0 Å². The number of hydrogen-bond donors (Lipinski definition) is 1. The minimum absolute atomic E-state index is 0.265. The van der Waals surface area contributed by atoms with E-state index in [2.05, 4.69) is 17.2 Å². The number of oxazole rings is 1. The first-order valence-corrected chi connectivity index (χ1v) is 9.75. The van der Waals surface area contributed by atoms with Gasteiger partial charge < -0.3 is 14.6 Å². The molecule has 0 radical (unpaired) electrons. The molecule has 3 rings (SSSR count). The Morgan fingerprint density at radius 3 is 2.77 bits per heavy atom. The molecule has 0 unspecified atom stereocenters. The number of nitrogens with zero attached hydrogens (tertiary/aromatic N) is 2. The molecule has 5 heteroatoms. The minimum Gasteiger partial charge on any atom is -0.441 e. The molecule has 1 amide bonds. The van der Waals surface area contributed by atoms with Gasteiger partial charge in [0.1, 0.15) is 0 Å². The van der Waals surface area contributed by atoms with Gasteiger partial charge >= 0.3 is 0 Å². The van der Waals surface area contributed by atoms with Crippen LogP contribution in [0, 0.1) is 5.92 Å². The predicted molar refractivity (Wildman–Crippen MR) is 103 cm³/mol. The van der Waals surface area contributed by atoms with Crippen molar-refractivity contribution in [2.24, 2.45) is 5.92 Å². The Kier molecular flexibility index (Phi) is 6.83. The summed E-state index contributed by atoms with van der Waals surface area (Å²) >= 11 is 0. The number of rotatable bonds is 8. The van der Waals surface area contributed by atoms with Crippen LogP contribution in [0.1, 0.15) is 38.5 Å². The molecule has 1 saturated heterocycles. The SMILES string of the molecule is CCNCC1CCN(C(=O)CCCc2ncc(-c3ccccc3)o2)CC1. The highest BCUT2D eigenvalue weighted by Crippen LogP contribution is 2.21. The third-order valence-corrected chi connectivity index (χ3v) is 5.04. The van der Waals surface area contributed by atoms with Gasteiger partial charge in [-0.25, -0.2) is 4.98 Å². The standard InChI is InChI=1S/C21H29N3O2/c1-2-22-15-17-11-13-24(14-12-17)21(25)10-6-9-20-23-16-19(26-20)18-7-4-3-5-8-18/h3-5,7-8,16-17,22H,2,6,9-15H2,1H3. The van der Waals surface area contributed by atoms with Crippen LogP contribution < -0.4 is 5.32 Å². The molecule has 0 aliphatic carbocycles. The fourth-order valence-corrected chi connectivity index (χ4v) is 3.45. The van der Waals surface area contributed by atoms with Crippen molar-refractivity contribution in [1.82, 2.24) is 15.2 Å². The number of aryl methyl sites for hydroxylation is 1. The molecular formula is C21H29N3O2. The van der Waals surface area contributed by atoms with Crippen LogP contribution in [-0.2, 0) is 11.2 Å². The van der Waals surface area contributed by atoms with E-state index in [1.165, 1.54) is 0 Å². The fourth-order valence-electron chi connectivity index (χ4n) is 3.45. The number of amides is 1. The summed E-state index contributed by atoms with van der Waals surface area (Å²) in [6, 6.07) is 9.96. The topological polar surface area (TPSA) is 58.4 Å². The van der Waals surface area contributed by atoms with Crippen molar-refractivity contribution < 1.29 is 9.21 Å². The average Bonchev–Trinajstić information content (AvgIpc) is 3.16. The van der Waals surface area contributed by atoms with Crippen LogP contribution in [0.3, 0.4) is 0 Å². The summed E-state index contributed by atoms with van der Waals surface area (Å²) in [5, 5.41) is 3.41. The maximum atomic E-state index is 12.4. The second-order valence-corrected chi connectivity index (χ2v) is 6.97. The number of benzene rings is 1. The van der Waals surface area contributed by atoms with Crippen LogP contribution in [0.5, 0.6) is 0 Å². The van der Waals surface area contributed by atoms with Crippen molar-refractivity contribution in [2.75, 3.05) is 26.2 Å². The van der Waals surface area contributed by atoms with Crippen molar-refractivity contribution in [3.63, 3.8) is 0 Å². The molecule has 0 bridgehead atoms. The van der Waals surface area contributed by atoms with Gasteiger partial charge in [-0.1, -0.05) is 37.3 Å². The fraction of sp³-hybridized carbons (Fsp3) is 0.524. The lowest BCUT2D eigenvalue weighted by Gasteiger charge is -2.32. The van der Waals surface area contributed by atoms with Gasteiger partial charge in [0.25, 0.3) is 0 Å². The first-order chi connectivity index (χ1) is 12.8. The summed E-state index contributed by atoms with van der Waals surface area (Å²) in [5.41, 5.74) is 1.03. The molecule has 1 fully saturated rings. The summed E-state index contributed by atoms with van der Waals surface area (Å²) in [5.74, 6) is 2.47. The van der Waals surface area contributed by atoms with Gasteiger partial charge in [0.2, 0.25) is 5.91 Å². The summed E-state index contributed by atoms with van der Waals surface area (Å²) in [7, 11) is 0. The lowest BCUT2D eigenvalue weighted by Crippen LogP contribution is -2.40. The number of hydrogen-bond acceptors (Lipinski definition) is 4. The molecule has 1 aromatic heterocycles. The lowest BCUT2D eigenvalue weighted by atomic mass is 9.96. The second kappa shape index (κ2) is 9.53. The molecule has 5 nitrogen and oxygen atoms in total. The molecule has 140 valence electrons. The minimum atomic E-state index is 0.265. The van der Waals surface area contributed by atoms with E-state index >= 15 is 0 Å². The Labute approximate surface area is 155 Å². The molecule has 0 spiro atoms. The van der Waals surface area contributed by atoms with E-state index in [-0.39, 0.29) is 5.91 Å². The van der Waals surface area contributed by atoms with Crippen LogP contribution >= 0.6 is 0 Å². The predicted octanol–water partition coefficient (Wildman–Crippen LogP) is 3.51. The molecule has 26 heavy (non-hydrogen) atoms. The normalized spacial score (nSPS) is 15.3. The molecule has 1 aliphatic heterocycles. The summed E-state index contributed by atoms with van der Waals surface area (Å²) in [6.07, 6.45) is 6.04. The number of carbonyl (C=O) groups excluding carboxylic acids is 1. The Hall–Kier alpha value is -2.14. The number of carbonyl (C=O) groups is 1. The van der Waals surface area contributed by atoms with E-state index < -0.39 is 0 Å². The summed E-state index contributed by atoms with van der Waals surface area (Å²) < 4.78 is 5.81. The van der Waals surface area contributed by atoms with Gasteiger partial charge in [-0.05, 0) is 38.3 Å². The van der Waals surface area contributed by atoms with Gasteiger partial charge in [-0.15, -0.1) is 0 Å². The molecule has 1 aliphatic rings. The Morgan fingerprint density at radius 2 is 2.04 bits per heavy atom. The van der Waals surface area contributed by atoms with Crippen molar-refractivity contribution in [1.29, 1.82) is 0 Å². The Morgan fingerprint density at radius 1 is 1.27 bits per heavy atom. The quantitative estimate of drug-likeness (QED) is 0.787. The molecule has 2 heterocycles. The van der Waals surface area contributed by atoms with E-state index in [4.69, 9.17) is 4.42 Å². The van der Waals surface area contributed by atoms with Crippen molar-refractivity contribution in [2.45, 2.75) is 39.0 Å². The van der Waals surface area contributed by atoms with E-state index in [1.807, 2.05) is 35.2 Å². The van der Waals surface area contributed by atoms with E-state index in [0.717, 1.165) is 56.8 Å². The number of likely N-dealkylation sites (tertiary alicyclic amines) is 1. The number of aromatic nitrogens is 1. The maximum Gasteiger partial charge on any atom is 0.222 e. The van der Waals surface area contributed by atoms with E-state index in [9.17, 15) is 4.79 Å². The molecular weight excluding hydrogens is 326 g/mol. The smallest absolute Gasteiger partial charge is 0.222 e. The van der Waals surface area contributed by atoms with Crippen LogP contribution in [0.15, 0.2) is 40.9 Å². The third-order valence-electron chi connectivity index (χ3n) is 5.04. The van der Waals surface area contributed by atoms with Gasteiger partial charge in [0, 0.05) is 31.5 Å². The molecule has 0 atom stereocenters. The highest BCUT2D eigenvalue weighted by molar-refractivity contribution is 5.76. The van der Waals surface area contributed by atoms with Gasteiger partial charge in [-0.3, -0.25) is 4.79 Å². The molecule has 1 aromatic carbocycles. The highest BCUT2D eigenvalue weighted by Gasteiger charge is 2.22. The zero-order valence-electron chi connectivity index (χ0n) is 15.6. The average molecular weight is 355 g/mol. The first-order valence-electron chi connectivity index (χ1n) is 9.75. The van der Waals surface area contributed by atoms with E-state index in [1.54, 1.807) is 6.20 Å². The highest BCUT2D eigenvalue weighted by atomic mass is 16.4. The second-order valence-electron chi connectivity index (χ2n) is 6.97. The van der Waals surface area contributed by atoms with Crippen molar-refractivity contribution in [3.05, 3.63) is 42.4 Å². The largest absolute Gasteiger partial charge is 0.441 e. The molecule has 0 saturated carbocycles. The van der Waals surface area contributed by atoms with Crippen LogP contribution in [0.2, 0.25) is 0 Å². The zero-order valence-corrected chi connectivity index (χ0v) is 15.6. The maximum absolute atomic E-state index is 12.4. The van der Waals surface area contributed by atoms with Crippen molar-refractivity contribution in [3.8, 4) is 11.3 Å². The zero-order chi connectivity index (χ0) is 18.2. The Bertz CT molecular complexity index is 676.